The number of H-pyrrole nitrogens is 2. The lowest BCUT2D eigenvalue weighted by molar-refractivity contribution is 0.0979. The van der Waals surface area contributed by atoms with Crippen molar-refractivity contribution < 1.29 is 19.3 Å². The largest absolute Gasteiger partial charge is 0.493 e. The van der Waals surface area contributed by atoms with Crippen LogP contribution in [-0.2, 0) is 5.60 Å². The second-order valence-corrected chi connectivity index (χ2v) is 10.1. The lowest BCUT2D eigenvalue weighted by Gasteiger charge is -2.22. The van der Waals surface area contributed by atoms with Crippen molar-refractivity contribution in [3.05, 3.63) is 109 Å². The molecule has 1 aliphatic heterocycles. The number of nitrogens with zero attached hydrogens (tertiary/aromatic N) is 2. The average molecular weight is 541 g/mol. The summed E-state index contributed by atoms with van der Waals surface area (Å²) < 4.78 is 21.4. The molecule has 4 N–H and O–H groups in total. The summed E-state index contributed by atoms with van der Waals surface area (Å²) in [5.41, 5.74) is 1.01. The summed E-state index contributed by atoms with van der Waals surface area (Å²) in [7, 11) is 0. The van der Waals surface area contributed by atoms with Gasteiger partial charge < -0.3 is 19.9 Å². The molecule has 3 aromatic carbocycles. The van der Waals surface area contributed by atoms with Gasteiger partial charge in [-0.05, 0) is 36.8 Å². The van der Waals surface area contributed by atoms with Gasteiger partial charge >= 0.3 is 4.87 Å². The van der Waals surface area contributed by atoms with Crippen LogP contribution in [0, 0.1) is 5.82 Å². The van der Waals surface area contributed by atoms with E-state index in [0.29, 0.717) is 44.5 Å². The molecule has 0 saturated carbocycles. The number of rotatable bonds is 6. The molecule has 6 rings (SSSR count). The molecule has 0 radical (unpaired) electrons. The number of hydrogen-bond acceptors (Lipinski definition) is 7. The van der Waals surface area contributed by atoms with E-state index in [1.807, 2.05) is 36.4 Å². The maximum atomic E-state index is 15.3. The Morgan fingerprint density at radius 2 is 1.92 bits per heavy atom. The highest BCUT2D eigenvalue weighted by atomic mass is 32.1. The van der Waals surface area contributed by atoms with E-state index in [2.05, 4.69) is 19.9 Å². The van der Waals surface area contributed by atoms with Crippen LogP contribution in [0.3, 0.4) is 0 Å². The molecule has 0 saturated heterocycles. The fourth-order valence-electron chi connectivity index (χ4n) is 4.39. The Balaban J connectivity index is 1.39. The van der Waals surface area contributed by atoms with Crippen LogP contribution in [0.1, 0.15) is 23.1 Å². The summed E-state index contributed by atoms with van der Waals surface area (Å²) in [6, 6.07) is 17.5. The molecule has 39 heavy (non-hydrogen) atoms. The number of aliphatic hydroxyl groups is 1. The number of thiazole rings is 1. The molecule has 5 aromatic rings. The standard InChI is InChI=1S/C29H21FN4O4S/c1-29(37,17-7-3-2-4-8-17)24-15-32-26(33-24)16-6-5-9-18(12-16)38-25-20(13-23-27(35)34-28(36)39-23)19-10-11-31-22(19)14-21(25)30/h2-15,35,37H,1H3,(H,32,33)(H,34,36)/b20-13+. The molecule has 10 heteroatoms. The zero-order valence-corrected chi connectivity index (χ0v) is 21.3. The summed E-state index contributed by atoms with van der Waals surface area (Å²) in [4.78, 5) is 25.6. The Hall–Kier alpha value is -4.80. The van der Waals surface area contributed by atoms with E-state index < -0.39 is 16.3 Å². The van der Waals surface area contributed by atoms with Gasteiger partial charge in [-0.2, -0.15) is 0 Å². The number of benzene rings is 3. The topological polar surface area (TPSA) is 124 Å². The van der Waals surface area contributed by atoms with E-state index >= 15 is 4.39 Å². The van der Waals surface area contributed by atoms with Gasteiger partial charge in [0.2, 0.25) is 5.88 Å². The fraction of sp³-hybridized carbons (Fsp3) is 0.0690. The minimum atomic E-state index is -1.29. The second-order valence-electron chi connectivity index (χ2n) is 9.06. The highest BCUT2D eigenvalue weighted by molar-refractivity contribution is 7.10. The number of nitrogens with one attached hydrogen (secondary N) is 2. The van der Waals surface area contributed by atoms with Gasteiger partial charge in [0, 0.05) is 28.3 Å². The van der Waals surface area contributed by atoms with Gasteiger partial charge in [0.15, 0.2) is 11.6 Å². The SMILES string of the molecule is CC(O)(c1ccccc1)c1cnc(-c2cccc(Oc3c(F)cc4c(/c3=C\c3sc(=O)[nH]c3O)=CC=N4)c2)[nH]1. The molecule has 1 atom stereocenters. The third-order valence-corrected chi connectivity index (χ3v) is 7.26. The van der Waals surface area contributed by atoms with Gasteiger partial charge in [0.1, 0.15) is 17.2 Å². The van der Waals surface area contributed by atoms with Crippen LogP contribution in [0.2, 0.25) is 0 Å². The normalized spacial score (nSPS) is 14.2. The summed E-state index contributed by atoms with van der Waals surface area (Å²) >= 11 is 0.796. The molecule has 194 valence electrons. The van der Waals surface area contributed by atoms with E-state index in [-0.39, 0.29) is 16.5 Å². The predicted molar refractivity (Wildman–Crippen MR) is 148 cm³/mol. The quantitative estimate of drug-likeness (QED) is 0.259. The number of aromatic hydroxyl groups is 1. The molecule has 0 fully saturated rings. The average Bonchev–Trinajstić information content (AvgIpc) is 3.67. The Kier molecular flexibility index (Phi) is 5.97. The molecule has 1 aliphatic rings. The van der Waals surface area contributed by atoms with E-state index in [1.165, 1.54) is 12.1 Å². The predicted octanol–water partition coefficient (Wildman–Crippen LogP) is 4.04. The Morgan fingerprint density at radius 3 is 2.69 bits per heavy atom. The maximum Gasteiger partial charge on any atom is 0.307 e. The van der Waals surface area contributed by atoms with Crippen molar-refractivity contribution in [2.75, 3.05) is 0 Å². The number of aromatic amines is 2. The van der Waals surface area contributed by atoms with Crippen LogP contribution in [0.5, 0.6) is 17.4 Å². The zero-order chi connectivity index (χ0) is 27.1. The smallest absolute Gasteiger partial charge is 0.307 e. The first-order valence-electron chi connectivity index (χ1n) is 11.9. The summed E-state index contributed by atoms with van der Waals surface area (Å²) in [6.07, 6.45) is 6.33. The van der Waals surface area contributed by atoms with Gasteiger partial charge in [-0.3, -0.25) is 14.8 Å². The monoisotopic (exact) mass is 540 g/mol. The molecule has 3 heterocycles. The molecule has 0 amide bonds. The number of hydrogen-bond donors (Lipinski definition) is 4. The first kappa shape index (κ1) is 24.5. The van der Waals surface area contributed by atoms with E-state index in [0.717, 1.165) is 11.3 Å². The van der Waals surface area contributed by atoms with Crippen molar-refractivity contribution in [2.45, 2.75) is 12.5 Å². The Bertz CT molecular complexity index is 1920. The minimum Gasteiger partial charge on any atom is -0.493 e. The van der Waals surface area contributed by atoms with Crippen LogP contribution in [0.4, 0.5) is 10.1 Å². The summed E-state index contributed by atoms with van der Waals surface area (Å²) in [5, 5.41) is 22.2. The second kappa shape index (κ2) is 9.50. The molecular formula is C29H21FN4O4S. The van der Waals surface area contributed by atoms with Gasteiger partial charge in [0.05, 0.1) is 22.5 Å². The van der Waals surface area contributed by atoms with Crippen molar-refractivity contribution in [1.29, 1.82) is 0 Å². The number of imidazole rings is 1. The van der Waals surface area contributed by atoms with Crippen molar-refractivity contribution in [2.24, 2.45) is 4.99 Å². The lowest BCUT2D eigenvalue weighted by atomic mass is 9.93. The van der Waals surface area contributed by atoms with Gasteiger partial charge in [-0.1, -0.05) is 53.8 Å². The molecule has 1 unspecified atom stereocenters. The molecule has 0 aliphatic carbocycles. The van der Waals surface area contributed by atoms with Gasteiger partial charge in [-0.25, -0.2) is 9.37 Å². The summed E-state index contributed by atoms with van der Waals surface area (Å²) in [6.45, 7) is 1.69. The number of halogens is 1. The Labute approximate surface area is 224 Å². The first-order chi connectivity index (χ1) is 18.8. The molecule has 0 bridgehead atoms. The molecular weight excluding hydrogens is 519 g/mol. The molecule has 8 nitrogen and oxygen atoms in total. The van der Waals surface area contributed by atoms with Crippen LogP contribution < -0.4 is 20.0 Å². The van der Waals surface area contributed by atoms with Crippen molar-refractivity contribution in [1.82, 2.24) is 15.0 Å². The van der Waals surface area contributed by atoms with Crippen LogP contribution in [0.25, 0.3) is 23.5 Å². The van der Waals surface area contributed by atoms with E-state index in [9.17, 15) is 15.0 Å². The van der Waals surface area contributed by atoms with Gasteiger partial charge in [0.25, 0.3) is 0 Å². The molecule has 2 aromatic heterocycles. The van der Waals surface area contributed by atoms with Crippen LogP contribution in [-0.4, -0.2) is 31.4 Å². The number of aliphatic imine (C=N–C) groups is 1. The lowest BCUT2D eigenvalue weighted by Crippen LogP contribution is -2.26. The molecule has 0 spiro atoms. The number of ether oxygens (including phenoxy) is 1. The van der Waals surface area contributed by atoms with Crippen LogP contribution in [0.15, 0.2) is 76.6 Å². The highest BCUT2D eigenvalue weighted by Gasteiger charge is 2.28. The van der Waals surface area contributed by atoms with E-state index in [1.54, 1.807) is 43.6 Å². The van der Waals surface area contributed by atoms with Crippen LogP contribution >= 0.6 is 11.3 Å². The highest BCUT2D eigenvalue weighted by Crippen LogP contribution is 2.31. The number of fused-ring (bicyclic) bond motifs is 1. The number of aromatic nitrogens is 3. The minimum absolute atomic E-state index is 0.0833. The van der Waals surface area contributed by atoms with Crippen molar-refractivity contribution >= 4 is 35.4 Å². The van der Waals surface area contributed by atoms with Crippen molar-refractivity contribution in [3.8, 4) is 28.8 Å². The van der Waals surface area contributed by atoms with E-state index in [4.69, 9.17) is 4.74 Å². The first-order valence-corrected chi connectivity index (χ1v) is 12.7. The maximum absolute atomic E-state index is 15.3. The third kappa shape index (κ3) is 4.56. The summed E-state index contributed by atoms with van der Waals surface area (Å²) in [5.74, 6) is -0.217. The third-order valence-electron chi connectivity index (χ3n) is 6.44. The zero-order valence-electron chi connectivity index (χ0n) is 20.5. The van der Waals surface area contributed by atoms with Crippen molar-refractivity contribution in [3.63, 3.8) is 0 Å². The fourth-order valence-corrected chi connectivity index (χ4v) is 5.06. The van der Waals surface area contributed by atoms with Gasteiger partial charge in [-0.15, -0.1) is 0 Å². The Morgan fingerprint density at radius 1 is 1.10 bits per heavy atom.